The number of nitrogens with one attached hydrogen (secondary N) is 1. The molecular weight excluding hydrogens is 394 g/mol. The van der Waals surface area contributed by atoms with Gasteiger partial charge < -0.3 is 15.0 Å². The number of carbonyl (C=O) groups is 2. The minimum atomic E-state index is -3.55. The quantitative estimate of drug-likeness (QED) is 0.768. The predicted octanol–water partition coefficient (Wildman–Crippen LogP) is 1.48. The first-order chi connectivity index (χ1) is 13.7. The minimum Gasteiger partial charge on any atom is -0.497 e. The lowest BCUT2D eigenvalue weighted by atomic mass is 10.2. The summed E-state index contributed by atoms with van der Waals surface area (Å²) in [6.07, 6.45) is 0.199. The minimum absolute atomic E-state index is 0.0760. The molecule has 29 heavy (non-hydrogen) atoms. The molecule has 2 amide bonds. The van der Waals surface area contributed by atoms with Crippen LogP contribution in [0.1, 0.15) is 16.8 Å². The van der Waals surface area contributed by atoms with Crippen molar-refractivity contribution in [2.24, 2.45) is 0 Å². The molecule has 0 unspecified atom stereocenters. The molecule has 1 heterocycles. The van der Waals surface area contributed by atoms with Crippen LogP contribution in [0.2, 0.25) is 0 Å². The lowest BCUT2D eigenvalue weighted by Crippen LogP contribution is -2.37. The van der Waals surface area contributed by atoms with Gasteiger partial charge in [0.15, 0.2) is 0 Å². The van der Waals surface area contributed by atoms with Crippen molar-refractivity contribution in [2.45, 2.75) is 17.4 Å². The summed E-state index contributed by atoms with van der Waals surface area (Å²) in [5, 5.41) is 2.84. The lowest BCUT2D eigenvalue weighted by Gasteiger charge is -2.17. The van der Waals surface area contributed by atoms with E-state index in [2.05, 4.69) is 5.32 Å². The Kier molecular flexibility index (Phi) is 5.90. The van der Waals surface area contributed by atoms with E-state index >= 15 is 0 Å². The van der Waals surface area contributed by atoms with Crippen LogP contribution in [0, 0.1) is 0 Å². The van der Waals surface area contributed by atoms with Crippen LogP contribution >= 0.6 is 0 Å². The van der Waals surface area contributed by atoms with Crippen molar-refractivity contribution >= 4 is 27.5 Å². The maximum absolute atomic E-state index is 12.5. The van der Waals surface area contributed by atoms with Crippen molar-refractivity contribution < 1.29 is 22.7 Å². The average Bonchev–Trinajstić information content (AvgIpc) is 3.08. The molecule has 9 heteroatoms. The van der Waals surface area contributed by atoms with E-state index in [1.54, 1.807) is 36.3 Å². The Labute approximate surface area is 170 Å². The third kappa shape index (κ3) is 4.41. The topological polar surface area (TPSA) is 96.0 Å². The van der Waals surface area contributed by atoms with Gasteiger partial charge in [-0.05, 0) is 48.5 Å². The van der Waals surface area contributed by atoms with Gasteiger partial charge in [-0.25, -0.2) is 12.7 Å². The molecule has 3 rings (SSSR count). The molecule has 0 aromatic heterocycles. The third-order valence-electron chi connectivity index (χ3n) is 4.74. The zero-order valence-electron chi connectivity index (χ0n) is 16.5. The number of sulfonamides is 1. The molecule has 0 radical (unpaired) electrons. The van der Waals surface area contributed by atoms with E-state index < -0.39 is 10.0 Å². The van der Waals surface area contributed by atoms with E-state index in [0.717, 1.165) is 9.99 Å². The highest BCUT2D eigenvalue weighted by molar-refractivity contribution is 7.89. The van der Waals surface area contributed by atoms with Crippen LogP contribution in [-0.4, -0.2) is 58.3 Å². The van der Waals surface area contributed by atoms with E-state index in [9.17, 15) is 18.0 Å². The van der Waals surface area contributed by atoms with Crippen molar-refractivity contribution in [1.82, 2.24) is 9.62 Å². The molecule has 1 atom stereocenters. The van der Waals surface area contributed by atoms with Crippen LogP contribution < -0.4 is 15.0 Å². The van der Waals surface area contributed by atoms with Crippen LogP contribution in [0.4, 0.5) is 5.69 Å². The van der Waals surface area contributed by atoms with Crippen LogP contribution in [0.3, 0.4) is 0 Å². The maximum atomic E-state index is 12.5. The Morgan fingerprint density at radius 1 is 1.10 bits per heavy atom. The molecule has 0 bridgehead atoms. The summed E-state index contributed by atoms with van der Waals surface area (Å²) in [5.41, 5.74) is 1.07. The van der Waals surface area contributed by atoms with Crippen molar-refractivity contribution in [3.05, 3.63) is 54.1 Å². The number of hydrogen-bond acceptors (Lipinski definition) is 5. The highest BCUT2D eigenvalue weighted by Gasteiger charge is 2.31. The summed E-state index contributed by atoms with van der Waals surface area (Å²) in [7, 11) is 0.915. The van der Waals surface area contributed by atoms with E-state index in [4.69, 9.17) is 4.74 Å². The molecule has 2 aromatic rings. The standard InChI is InChI=1S/C20H23N3O5S/c1-22(2)29(26,27)18-10-4-14(5-11-18)20(25)21-15-12-19(24)23(13-15)16-6-8-17(28-3)9-7-16/h4-11,15H,12-13H2,1-3H3,(H,21,25)/t15-/m0/s1. The Bertz CT molecular complexity index is 1000. The Morgan fingerprint density at radius 2 is 1.72 bits per heavy atom. The van der Waals surface area contributed by atoms with Gasteiger partial charge in [-0.3, -0.25) is 9.59 Å². The van der Waals surface area contributed by atoms with Gasteiger partial charge in [-0.2, -0.15) is 0 Å². The van der Waals surface area contributed by atoms with E-state index in [1.165, 1.54) is 38.4 Å². The number of ether oxygens (including phenoxy) is 1. The first-order valence-electron chi connectivity index (χ1n) is 9.00. The zero-order chi connectivity index (χ0) is 21.2. The fraction of sp³-hybridized carbons (Fsp3) is 0.300. The van der Waals surface area contributed by atoms with E-state index in [-0.39, 0.29) is 29.2 Å². The summed E-state index contributed by atoms with van der Waals surface area (Å²) in [6, 6.07) is 12.5. The normalized spacial score (nSPS) is 16.9. The molecular formula is C20H23N3O5S. The summed E-state index contributed by atoms with van der Waals surface area (Å²) < 4.78 is 30.5. The number of anilines is 1. The van der Waals surface area contributed by atoms with Gasteiger partial charge in [0, 0.05) is 38.3 Å². The molecule has 1 fully saturated rings. The summed E-state index contributed by atoms with van der Waals surface area (Å²) in [6.45, 7) is 0.365. The highest BCUT2D eigenvalue weighted by atomic mass is 32.2. The monoisotopic (exact) mass is 417 g/mol. The van der Waals surface area contributed by atoms with E-state index in [1.807, 2.05) is 0 Å². The molecule has 1 aliphatic rings. The molecule has 154 valence electrons. The zero-order valence-corrected chi connectivity index (χ0v) is 17.3. The van der Waals surface area contributed by atoms with Gasteiger partial charge in [0.05, 0.1) is 18.0 Å². The highest BCUT2D eigenvalue weighted by Crippen LogP contribution is 2.24. The predicted molar refractivity (Wildman–Crippen MR) is 109 cm³/mol. The van der Waals surface area contributed by atoms with Crippen molar-refractivity contribution in [3.63, 3.8) is 0 Å². The largest absolute Gasteiger partial charge is 0.497 e. The van der Waals surface area contributed by atoms with Crippen molar-refractivity contribution in [3.8, 4) is 5.75 Å². The number of hydrogen-bond donors (Lipinski definition) is 1. The summed E-state index contributed by atoms with van der Waals surface area (Å²) >= 11 is 0. The fourth-order valence-electron chi connectivity index (χ4n) is 3.07. The van der Waals surface area contributed by atoms with Gasteiger partial charge in [0.25, 0.3) is 5.91 Å². The van der Waals surface area contributed by atoms with Crippen LogP contribution in [0.25, 0.3) is 0 Å². The Hall–Kier alpha value is -2.91. The Morgan fingerprint density at radius 3 is 2.28 bits per heavy atom. The van der Waals surface area contributed by atoms with Gasteiger partial charge in [-0.1, -0.05) is 0 Å². The molecule has 0 saturated carbocycles. The van der Waals surface area contributed by atoms with E-state index in [0.29, 0.717) is 17.9 Å². The molecule has 8 nitrogen and oxygen atoms in total. The van der Waals surface area contributed by atoms with Gasteiger partial charge in [0.2, 0.25) is 15.9 Å². The maximum Gasteiger partial charge on any atom is 0.251 e. The number of methoxy groups -OCH3 is 1. The van der Waals surface area contributed by atoms with Crippen molar-refractivity contribution in [1.29, 1.82) is 0 Å². The number of amides is 2. The fourth-order valence-corrected chi connectivity index (χ4v) is 3.98. The van der Waals surface area contributed by atoms with Crippen LogP contribution in [-0.2, 0) is 14.8 Å². The molecule has 1 saturated heterocycles. The van der Waals surface area contributed by atoms with Crippen LogP contribution in [0.5, 0.6) is 5.75 Å². The summed E-state index contributed by atoms with van der Waals surface area (Å²) in [4.78, 5) is 26.6. The smallest absolute Gasteiger partial charge is 0.251 e. The number of carbonyl (C=O) groups excluding carboxylic acids is 2. The molecule has 1 N–H and O–H groups in total. The average molecular weight is 417 g/mol. The van der Waals surface area contributed by atoms with Gasteiger partial charge in [0.1, 0.15) is 5.75 Å². The number of nitrogens with zero attached hydrogens (tertiary/aromatic N) is 2. The Balaban J connectivity index is 1.66. The second kappa shape index (κ2) is 8.22. The SMILES string of the molecule is COc1ccc(N2C[C@@H](NC(=O)c3ccc(S(=O)(=O)N(C)C)cc3)CC2=O)cc1. The first kappa shape index (κ1) is 20.8. The molecule has 0 aliphatic carbocycles. The third-order valence-corrected chi connectivity index (χ3v) is 6.57. The number of benzene rings is 2. The number of rotatable bonds is 6. The molecule has 2 aromatic carbocycles. The van der Waals surface area contributed by atoms with Gasteiger partial charge >= 0.3 is 0 Å². The summed E-state index contributed by atoms with van der Waals surface area (Å²) in [5.74, 6) is 0.269. The molecule has 0 spiro atoms. The first-order valence-corrected chi connectivity index (χ1v) is 10.4. The second-order valence-corrected chi connectivity index (χ2v) is 9.04. The van der Waals surface area contributed by atoms with Crippen molar-refractivity contribution in [2.75, 3.05) is 32.6 Å². The van der Waals surface area contributed by atoms with Gasteiger partial charge in [-0.15, -0.1) is 0 Å². The van der Waals surface area contributed by atoms with Crippen LogP contribution in [0.15, 0.2) is 53.4 Å². The lowest BCUT2D eigenvalue weighted by molar-refractivity contribution is -0.117. The second-order valence-electron chi connectivity index (χ2n) is 6.89. The molecule has 1 aliphatic heterocycles.